The Morgan fingerprint density at radius 3 is 2.81 bits per heavy atom. The van der Waals surface area contributed by atoms with Gasteiger partial charge in [0.2, 0.25) is 6.79 Å². The van der Waals surface area contributed by atoms with Gasteiger partial charge in [-0.3, -0.25) is 4.90 Å². The summed E-state index contributed by atoms with van der Waals surface area (Å²) in [5, 5.41) is 20.8. The fourth-order valence-corrected chi connectivity index (χ4v) is 4.84. The molecule has 2 N–H and O–H groups in total. The van der Waals surface area contributed by atoms with Gasteiger partial charge in [-0.2, -0.15) is 0 Å². The smallest absolute Gasteiger partial charge is 0.231 e. The van der Waals surface area contributed by atoms with Crippen LogP contribution in [0.25, 0.3) is 0 Å². The van der Waals surface area contributed by atoms with Gasteiger partial charge in [-0.05, 0) is 48.6 Å². The minimum atomic E-state index is -0.689. The standard InChI is InChI=1S/C16H19NO4/c18-11-3-8-1-2-17-6-9-4-12-13(21-7-20-12)5-10(9)14(15(8)17)16(11)19/h4-5,8,11,14-16,18-19H,1-3,6-7H2/t8-,11+,14-,15-,16-/m1/s1. The quantitative estimate of drug-likeness (QED) is 0.741. The second-order valence-electron chi connectivity index (χ2n) is 6.73. The Kier molecular flexibility index (Phi) is 2.41. The molecule has 0 radical (unpaired) electrons. The first-order valence-electron chi connectivity index (χ1n) is 7.75. The van der Waals surface area contributed by atoms with E-state index in [1.54, 1.807) is 0 Å². The number of nitrogens with zero attached hydrogens (tertiary/aromatic N) is 1. The van der Waals surface area contributed by atoms with Crippen molar-refractivity contribution in [3.8, 4) is 11.5 Å². The van der Waals surface area contributed by atoms with Crippen LogP contribution in [-0.4, -0.2) is 46.7 Å². The summed E-state index contributed by atoms with van der Waals surface area (Å²) in [7, 11) is 0. The number of aliphatic hydroxyl groups is 2. The van der Waals surface area contributed by atoms with E-state index in [1.165, 1.54) is 5.56 Å². The Balaban J connectivity index is 1.66. The van der Waals surface area contributed by atoms with Gasteiger partial charge in [0.15, 0.2) is 11.5 Å². The van der Waals surface area contributed by atoms with Crippen molar-refractivity contribution in [1.82, 2.24) is 4.90 Å². The van der Waals surface area contributed by atoms with Gasteiger partial charge in [-0.15, -0.1) is 0 Å². The van der Waals surface area contributed by atoms with Gasteiger partial charge in [0.05, 0.1) is 12.2 Å². The molecule has 1 aromatic rings. The summed E-state index contributed by atoms with van der Waals surface area (Å²) in [5.74, 6) is 2.05. The lowest BCUT2D eigenvalue weighted by Gasteiger charge is -2.47. The van der Waals surface area contributed by atoms with Crippen molar-refractivity contribution in [3.63, 3.8) is 0 Å². The molecule has 1 aromatic carbocycles. The molecule has 4 aliphatic rings. The number of benzene rings is 1. The van der Waals surface area contributed by atoms with Crippen LogP contribution in [0.1, 0.15) is 29.9 Å². The summed E-state index contributed by atoms with van der Waals surface area (Å²) in [6.07, 6.45) is 0.531. The molecule has 0 aromatic heterocycles. The van der Waals surface area contributed by atoms with Crippen LogP contribution in [0.5, 0.6) is 11.5 Å². The van der Waals surface area contributed by atoms with Crippen molar-refractivity contribution < 1.29 is 19.7 Å². The van der Waals surface area contributed by atoms with Crippen molar-refractivity contribution in [2.24, 2.45) is 5.92 Å². The molecular weight excluding hydrogens is 270 g/mol. The summed E-state index contributed by atoms with van der Waals surface area (Å²) >= 11 is 0. The van der Waals surface area contributed by atoms with Gasteiger partial charge in [0.25, 0.3) is 0 Å². The number of aliphatic hydroxyl groups excluding tert-OH is 2. The summed E-state index contributed by atoms with van der Waals surface area (Å²) in [6.45, 7) is 2.23. The predicted octanol–water partition coefficient (Wildman–Crippen LogP) is 0.828. The first-order chi connectivity index (χ1) is 10.2. The topological polar surface area (TPSA) is 62.2 Å². The van der Waals surface area contributed by atoms with Crippen LogP contribution >= 0.6 is 0 Å². The molecule has 1 aliphatic carbocycles. The van der Waals surface area contributed by atoms with Crippen molar-refractivity contribution in [3.05, 3.63) is 23.3 Å². The Labute approximate surface area is 123 Å². The number of hydrogen-bond donors (Lipinski definition) is 2. The van der Waals surface area contributed by atoms with E-state index in [9.17, 15) is 10.2 Å². The molecule has 5 atom stereocenters. The van der Waals surface area contributed by atoms with Crippen LogP contribution in [0.4, 0.5) is 0 Å². The maximum Gasteiger partial charge on any atom is 0.231 e. The van der Waals surface area contributed by atoms with Crippen LogP contribution in [0.15, 0.2) is 12.1 Å². The molecule has 5 heteroatoms. The van der Waals surface area contributed by atoms with E-state index in [-0.39, 0.29) is 12.7 Å². The normalized spacial score (nSPS) is 40.0. The third kappa shape index (κ3) is 1.57. The Bertz CT molecular complexity index is 604. The minimum Gasteiger partial charge on any atom is -0.454 e. The van der Waals surface area contributed by atoms with Gasteiger partial charge in [0, 0.05) is 18.5 Å². The Morgan fingerprint density at radius 2 is 1.95 bits per heavy atom. The lowest BCUT2D eigenvalue weighted by atomic mass is 9.68. The highest BCUT2D eigenvalue weighted by molar-refractivity contribution is 5.52. The van der Waals surface area contributed by atoms with E-state index in [4.69, 9.17) is 9.47 Å². The molecule has 0 unspecified atom stereocenters. The maximum atomic E-state index is 10.6. The van der Waals surface area contributed by atoms with Crippen LogP contribution in [0, 0.1) is 5.92 Å². The van der Waals surface area contributed by atoms with Gasteiger partial charge in [0.1, 0.15) is 0 Å². The molecule has 5 nitrogen and oxygen atoms in total. The molecule has 0 spiro atoms. The molecule has 112 valence electrons. The van der Waals surface area contributed by atoms with Crippen LogP contribution in [0.3, 0.4) is 0 Å². The molecule has 3 heterocycles. The SMILES string of the molecule is O[C@H]1[C@@H]2c3cc4c(cc3CN3CC[C@H](C[C@@H]1O)[C@H]23)OCO4. The van der Waals surface area contributed by atoms with Crippen molar-refractivity contribution in [1.29, 1.82) is 0 Å². The van der Waals surface area contributed by atoms with E-state index < -0.39 is 12.2 Å². The zero-order valence-electron chi connectivity index (χ0n) is 11.7. The number of fused-ring (bicyclic) bond motifs is 3. The predicted molar refractivity (Wildman–Crippen MR) is 74.2 cm³/mol. The van der Waals surface area contributed by atoms with Crippen LogP contribution in [-0.2, 0) is 6.54 Å². The first kappa shape index (κ1) is 12.3. The van der Waals surface area contributed by atoms with E-state index in [2.05, 4.69) is 11.0 Å². The molecule has 1 saturated heterocycles. The Hall–Kier alpha value is -1.30. The second-order valence-corrected chi connectivity index (χ2v) is 6.73. The summed E-state index contributed by atoms with van der Waals surface area (Å²) in [5.41, 5.74) is 2.34. The van der Waals surface area contributed by atoms with Crippen molar-refractivity contribution >= 4 is 0 Å². The zero-order valence-corrected chi connectivity index (χ0v) is 11.7. The third-order valence-electron chi connectivity index (χ3n) is 5.73. The number of hydrogen-bond acceptors (Lipinski definition) is 5. The monoisotopic (exact) mass is 289 g/mol. The number of rotatable bonds is 0. The molecule has 3 aliphatic heterocycles. The molecule has 0 amide bonds. The Morgan fingerprint density at radius 1 is 1.14 bits per heavy atom. The number of ether oxygens (including phenoxy) is 2. The molecular formula is C16H19NO4. The van der Waals surface area contributed by atoms with Crippen molar-refractivity contribution in [2.75, 3.05) is 13.3 Å². The van der Waals surface area contributed by atoms with E-state index in [0.29, 0.717) is 12.0 Å². The van der Waals surface area contributed by atoms with Gasteiger partial charge in [-0.25, -0.2) is 0 Å². The van der Waals surface area contributed by atoms with Crippen molar-refractivity contribution in [2.45, 2.75) is 43.6 Å². The minimum absolute atomic E-state index is 0.0144. The van der Waals surface area contributed by atoms with Crippen LogP contribution < -0.4 is 9.47 Å². The largest absolute Gasteiger partial charge is 0.454 e. The fourth-order valence-electron chi connectivity index (χ4n) is 4.84. The summed E-state index contributed by atoms with van der Waals surface area (Å²) in [6, 6.07) is 4.43. The second kappa shape index (κ2) is 4.12. The highest BCUT2D eigenvalue weighted by Crippen LogP contribution is 2.51. The summed E-state index contributed by atoms with van der Waals surface area (Å²) in [4.78, 5) is 2.47. The lowest BCUT2D eigenvalue weighted by molar-refractivity contribution is -0.0657. The molecule has 21 heavy (non-hydrogen) atoms. The average molecular weight is 289 g/mol. The zero-order chi connectivity index (χ0) is 14.1. The van der Waals surface area contributed by atoms with E-state index in [0.717, 1.165) is 43.0 Å². The van der Waals surface area contributed by atoms with Gasteiger partial charge >= 0.3 is 0 Å². The molecule has 0 bridgehead atoms. The first-order valence-corrected chi connectivity index (χ1v) is 7.75. The summed E-state index contributed by atoms with van der Waals surface area (Å²) < 4.78 is 11.0. The molecule has 5 rings (SSSR count). The maximum absolute atomic E-state index is 10.6. The lowest BCUT2D eigenvalue weighted by Crippen LogP contribution is -2.53. The van der Waals surface area contributed by atoms with Gasteiger partial charge < -0.3 is 19.7 Å². The molecule has 2 fully saturated rings. The third-order valence-corrected chi connectivity index (χ3v) is 5.73. The highest BCUT2D eigenvalue weighted by atomic mass is 16.7. The van der Waals surface area contributed by atoms with E-state index >= 15 is 0 Å². The van der Waals surface area contributed by atoms with Gasteiger partial charge in [-0.1, -0.05) is 0 Å². The van der Waals surface area contributed by atoms with Crippen LogP contribution in [0.2, 0.25) is 0 Å². The van der Waals surface area contributed by atoms with E-state index in [1.807, 2.05) is 6.07 Å². The average Bonchev–Trinajstić information content (AvgIpc) is 3.08. The molecule has 1 saturated carbocycles. The fraction of sp³-hybridized carbons (Fsp3) is 0.625. The highest BCUT2D eigenvalue weighted by Gasteiger charge is 2.52.